The molecule has 0 amide bonds. The summed E-state index contributed by atoms with van der Waals surface area (Å²) in [5.74, 6) is 0.416. The highest BCUT2D eigenvalue weighted by Crippen LogP contribution is 2.70. The zero-order chi connectivity index (χ0) is 20.1. The fraction of sp³-hybridized carbons (Fsp3) is 0.826. The van der Waals surface area contributed by atoms with Crippen LogP contribution in [-0.2, 0) is 28.5 Å². The Morgan fingerprint density at radius 2 is 1.83 bits per heavy atom. The van der Waals surface area contributed by atoms with E-state index in [1.165, 1.54) is 5.57 Å². The second kappa shape index (κ2) is 5.78. The molecule has 2 spiro atoms. The monoisotopic (exact) mass is 402 g/mol. The third-order valence-electron chi connectivity index (χ3n) is 9.65. The van der Waals surface area contributed by atoms with Crippen LogP contribution in [-0.4, -0.2) is 43.1 Å². The van der Waals surface area contributed by atoms with Crippen molar-refractivity contribution in [3.8, 4) is 0 Å². The molecule has 2 aliphatic heterocycles. The van der Waals surface area contributed by atoms with Gasteiger partial charge < -0.3 is 18.9 Å². The van der Waals surface area contributed by atoms with E-state index in [9.17, 15) is 9.59 Å². The minimum Gasteiger partial charge on any atom is -0.350 e. The molecule has 0 bridgehead atoms. The van der Waals surface area contributed by atoms with Gasteiger partial charge in [0.15, 0.2) is 19.4 Å². The number of fused-ring (bicyclic) bond motifs is 7. The van der Waals surface area contributed by atoms with Gasteiger partial charge in [-0.15, -0.1) is 0 Å². The van der Waals surface area contributed by atoms with Crippen LogP contribution in [0.5, 0.6) is 0 Å². The molecule has 0 aromatic rings. The van der Waals surface area contributed by atoms with Gasteiger partial charge in [-0.05, 0) is 55.4 Å². The van der Waals surface area contributed by atoms with E-state index in [0.29, 0.717) is 37.1 Å². The molecule has 6 rings (SSSR count). The first kappa shape index (κ1) is 18.7. The van der Waals surface area contributed by atoms with Gasteiger partial charge in [-0.3, -0.25) is 9.59 Å². The van der Waals surface area contributed by atoms with Gasteiger partial charge in [0, 0.05) is 24.2 Å². The molecular weight excluding hydrogens is 372 g/mol. The third-order valence-corrected chi connectivity index (χ3v) is 9.65. The number of carbonyl (C=O) groups excluding carboxylic acids is 2. The van der Waals surface area contributed by atoms with Gasteiger partial charge in [0.1, 0.15) is 18.0 Å². The standard InChI is InChI=1S/C23H30O6/c1-20-7-5-15(24)9-14(20)3-4-16-17-6-8-22(21(17,2)10-18(25)19(16)20)23(29-13-27-22)11-26-12-28-23/h9,16-17,19H,3-8,10-13H2,1-2H3/t16-,17-,19+,20+,21+,22-,23+/m1/s1. The highest BCUT2D eigenvalue weighted by Gasteiger charge is 2.76. The largest absolute Gasteiger partial charge is 0.350 e. The topological polar surface area (TPSA) is 71.1 Å². The second-order valence-corrected chi connectivity index (χ2v) is 10.5. The third kappa shape index (κ3) is 2.07. The lowest BCUT2D eigenvalue weighted by molar-refractivity contribution is -0.246. The molecule has 2 heterocycles. The molecule has 5 fully saturated rings. The predicted molar refractivity (Wildman–Crippen MR) is 102 cm³/mol. The van der Waals surface area contributed by atoms with E-state index >= 15 is 0 Å². The van der Waals surface area contributed by atoms with Crippen LogP contribution in [0.15, 0.2) is 11.6 Å². The number of ether oxygens (including phenoxy) is 4. The molecule has 3 saturated carbocycles. The number of Topliss-reactive ketones (excluding diaryl/α,β-unsaturated/α-hetero) is 1. The quantitative estimate of drug-likeness (QED) is 0.620. The van der Waals surface area contributed by atoms with E-state index in [0.717, 1.165) is 32.1 Å². The van der Waals surface area contributed by atoms with Crippen molar-refractivity contribution in [2.45, 2.75) is 70.2 Å². The molecule has 6 nitrogen and oxygen atoms in total. The summed E-state index contributed by atoms with van der Waals surface area (Å²) < 4.78 is 24.0. The Bertz CT molecular complexity index is 807. The Morgan fingerprint density at radius 3 is 2.62 bits per heavy atom. The molecule has 158 valence electrons. The maximum Gasteiger partial charge on any atom is 0.226 e. The molecule has 0 unspecified atom stereocenters. The SMILES string of the molecule is C[C@]12CCC(=O)C=C1CC[C@H]1[C@H]2C(=O)C[C@@]2(C)[C@@H]1CC[C@@]21OCO[C@@]12COCO2. The lowest BCUT2D eigenvalue weighted by atomic mass is 9.45. The predicted octanol–water partition coefficient (Wildman–Crippen LogP) is 3.14. The molecule has 0 aromatic heterocycles. The second-order valence-electron chi connectivity index (χ2n) is 10.5. The molecule has 0 aromatic carbocycles. The number of hydrogen-bond donors (Lipinski definition) is 0. The number of hydrogen-bond acceptors (Lipinski definition) is 6. The normalized spacial score (nSPS) is 53.9. The zero-order valence-electron chi connectivity index (χ0n) is 17.3. The summed E-state index contributed by atoms with van der Waals surface area (Å²) in [6, 6.07) is 0. The first-order chi connectivity index (χ1) is 13.9. The highest BCUT2D eigenvalue weighted by molar-refractivity contribution is 5.93. The average molecular weight is 402 g/mol. The van der Waals surface area contributed by atoms with Crippen molar-refractivity contribution in [2.75, 3.05) is 20.2 Å². The van der Waals surface area contributed by atoms with Gasteiger partial charge in [0.2, 0.25) is 5.79 Å². The van der Waals surface area contributed by atoms with Crippen molar-refractivity contribution in [1.82, 2.24) is 0 Å². The Balaban J connectivity index is 1.42. The van der Waals surface area contributed by atoms with Crippen molar-refractivity contribution in [1.29, 1.82) is 0 Å². The number of rotatable bonds is 0. The Morgan fingerprint density at radius 1 is 1.00 bits per heavy atom. The number of ketones is 2. The van der Waals surface area contributed by atoms with Gasteiger partial charge in [0.05, 0.1) is 0 Å². The van der Waals surface area contributed by atoms with Crippen LogP contribution in [0, 0.1) is 28.6 Å². The van der Waals surface area contributed by atoms with Crippen LogP contribution in [0.2, 0.25) is 0 Å². The Hall–Kier alpha value is -1.08. The summed E-state index contributed by atoms with van der Waals surface area (Å²) in [4.78, 5) is 25.8. The highest BCUT2D eigenvalue weighted by atomic mass is 16.9. The van der Waals surface area contributed by atoms with Crippen LogP contribution in [0.3, 0.4) is 0 Å². The van der Waals surface area contributed by atoms with Crippen molar-refractivity contribution >= 4 is 11.6 Å². The zero-order valence-corrected chi connectivity index (χ0v) is 17.3. The summed E-state index contributed by atoms with van der Waals surface area (Å²) in [6.07, 6.45) is 7.48. The summed E-state index contributed by atoms with van der Waals surface area (Å²) in [7, 11) is 0. The van der Waals surface area contributed by atoms with Gasteiger partial charge in [-0.2, -0.15) is 0 Å². The van der Waals surface area contributed by atoms with Gasteiger partial charge in [-0.25, -0.2) is 0 Å². The van der Waals surface area contributed by atoms with Crippen LogP contribution >= 0.6 is 0 Å². The number of allylic oxidation sites excluding steroid dienone is 1. The first-order valence-corrected chi connectivity index (χ1v) is 11.1. The van der Waals surface area contributed by atoms with E-state index in [2.05, 4.69) is 13.8 Å². The summed E-state index contributed by atoms with van der Waals surface area (Å²) >= 11 is 0. The van der Waals surface area contributed by atoms with Crippen LogP contribution in [0.1, 0.15) is 58.8 Å². The summed E-state index contributed by atoms with van der Waals surface area (Å²) in [5.41, 5.74) is 0.103. The van der Waals surface area contributed by atoms with Crippen LogP contribution in [0.4, 0.5) is 0 Å². The molecule has 6 heteroatoms. The molecule has 7 atom stereocenters. The molecule has 2 saturated heterocycles. The minimum absolute atomic E-state index is 0.0165. The Kier molecular flexibility index (Phi) is 3.72. The van der Waals surface area contributed by atoms with Crippen molar-refractivity contribution in [3.05, 3.63) is 11.6 Å². The molecule has 4 aliphatic carbocycles. The minimum atomic E-state index is -0.884. The van der Waals surface area contributed by atoms with Crippen molar-refractivity contribution in [3.63, 3.8) is 0 Å². The Labute approximate surface area is 171 Å². The van der Waals surface area contributed by atoms with E-state index in [1.807, 2.05) is 6.08 Å². The van der Waals surface area contributed by atoms with Crippen LogP contribution < -0.4 is 0 Å². The lowest BCUT2D eigenvalue weighted by Crippen LogP contribution is -2.65. The van der Waals surface area contributed by atoms with Crippen molar-refractivity contribution in [2.24, 2.45) is 28.6 Å². The molecule has 6 aliphatic rings. The lowest BCUT2D eigenvalue weighted by Gasteiger charge is -2.59. The molecular formula is C23H30O6. The van der Waals surface area contributed by atoms with E-state index < -0.39 is 11.4 Å². The fourth-order valence-corrected chi connectivity index (χ4v) is 8.36. The fourth-order valence-electron chi connectivity index (χ4n) is 8.36. The maximum absolute atomic E-state index is 13.8. The van der Waals surface area contributed by atoms with Gasteiger partial charge in [-0.1, -0.05) is 19.4 Å². The number of carbonyl (C=O) groups is 2. The molecule has 0 N–H and O–H groups in total. The van der Waals surface area contributed by atoms with Crippen molar-refractivity contribution < 1.29 is 28.5 Å². The van der Waals surface area contributed by atoms with Crippen LogP contribution in [0.25, 0.3) is 0 Å². The van der Waals surface area contributed by atoms with E-state index in [1.54, 1.807) is 0 Å². The first-order valence-electron chi connectivity index (χ1n) is 11.1. The maximum atomic E-state index is 13.8. The van der Waals surface area contributed by atoms with E-state index in [-0.39, 0.29) is 36.1 Å². The average Bonchev–Trinajstić information content (AvgIpc) is 3.37. The smallest absolute Gasteiger partial charge is 0.226 e. The summed E-state index contributed by atoms with van der Waals surface area (Å²) in [6.45, 7) is 5.24. The van der Waals surface area contributed by atoms with Gasteiger partial charge >= 0.3 is 0 Å². The molecule has 0 radical (unpaired) electrons. The molecule has 29 heavy (non-hydrogen) atoms. The van der Waals surface area contributed by atoms with E-state index in [4.69, 9.17) is 18.9 Å². The van der Waals surface area contributed by atoms with Gasteiger partial charge in [0.25, 0.3) is 0 Å². The summed E-state index contributed by atoms with van der Waals surface area (Å²) in [5, 5.41) is 0.